The molecule has 0 aromatic heterocycles. The van der Waals surface area contributed by atoms with Crippen LogP contribution < -0.4 is 0 Å². The van der Waals surface area contributed by atoms with E-state index < -0.39 is 11.8 Å². The molecule has 2 rings (SSSR count). The first-order chi connectivity index (χ1) is 14.0. The molecule has 2 unspecified atom stereocenters. The van der Waals surface area contributed by atoms with Gasteiger partial charge in [0.05, 0.1) is 12.2 Å². The summed E-state index contributed by atoms with van der Waals surface area (Å²) in [6, 6.07) is 13.7. The van der Waals surface area contributed by atoms with Crippen molar-refractivity contribution in [2.45, 2.75) is 78.6 Å². The van der Waals surface area contributed by atoms with E-state index in [1.54, 1.807) is 12.1 Å². The molecule has 0 N–H and O–H groups in total. The minimum Gasteiger partial charge on any atom is -0.462 e. The molecule has 0 aliphatic heterocycles. The number of halogens is 1. The van der Waals surface area contributed by atoms with Gasteiger partial charge >= 0.3 is 5.97 Å². The Morgan fingerprint density at radius 1 is 0.900 bits per heavy atom. The van der Waals surface area contributed by atoms with E-state index in [1.165, 1.54) is 17.2 Å². The topological polar surface area (TPSA) is 26.3 Å². The summed E-state index contributed by atoms with van der Waals surface area (Å²) in [6.45, 7) is 15.3. The predicted octanol–water partition coefficient (Wildman–Crippen LogP) is 7.62. The average molecular weight is 413 g/mol. The highest BCUT2D eigenvalue weighted by Crippen LogP contribution is 2.30. The SMILES string of the molecule is CC(C)COC(=O)c1cc(C(C)CCC(C)c2ccc(C(C)(C)C)cc2)ccc1F. The number of ether oxygens (including phenoxy) is 1. The van der Waals surface area contributed by atoms with Crippen molar-refractivity contribution in [1.29, 1.82) is 0 Å². The summed E-state index contributed by atoms with van der Waals surface area (Å²) < 4.78 is 19.4. The summed E-state index contributed by atoms with van der Waals surface area (Å²) in [5.74, 6) is -0.205. The van der Waals surface area contributed by atoms with Crippen LogP contribution in [0.3, 0.4) is 0 Å². The van der Waals surface area contributed by atoms with Crippen molar-refractivity contribution in [3.8, 4) is 0 Å². The molecule has 0 fully saturated rings. The zero-order chi connectivity index (χ0) is 22.5. The highest BCUT2D eigenvalue weighted by atomic mass is 19.1. The molecule has 0 saturated heterocycles. The zero-order valence-electron chi connectivity index (χ0n) is 19.6. The standard InChI is InChI=1S/C27H37FO2/c1-18(2)17-30-26(29)24-16-22(12-15-25(24)28)20(4)9-8-19(3)21-10-13-23(14-11-21)27(5,6)7/h10-16,18-20H,8-9,17H2,1-7H3. The number of hydrogen-bond acceptors (Lipinski definition) is 2. The molecule has 2 aromatic carbocycles. The minimum atomic E-state index is -0.581. The van der Waals surface area contributed by atoms with Crippen LogP contribution in [0.4, 0.5) is 4.39 Å². The first-order valence-electron chi connectivity index (χ1n) is 11.1. The van der Waals surface area contributed by atoms with Crippen LogP contribution in [0.5, 0.6) is 0 Å². The lowest BCUT2D eigenvalue weighted by Crippen LogP contribution is -2.12. The molecule has 0 heterocycles. The maximum atomic E-state index is 14.2. The summed E-state index contributed by atoms with van der Waals surface area (Å²) in [5, 5.41) is 0. The second-order valence-electron chi connectivity index (χ2n) is 9.98. The fraction of sp³-hybridized carbons (Fsp3) is 0.519. The Bertz CT molecular complexity index is 831. The highest BCUT2D eigenvalue weighted by Gasteiger charge is 2.18. The smallest absolute Gasteiger partial charge is 0.341 e. The summed E-state index contributed by atoms with van der Waals surface area (Å²) >= 11 is 0. The van der Waals surface area contributed by atoms with E-state index in [2.05, 4.69) is 58.9 Å². The Labute approximate surface area is 181 Å². The molecule has 2 aromatic rings. The van der Waals surface area contributed by atoms with Gasteiger partial charge in [-0.15, -0.1) is 0 Å². The lowest BCUT2D eigenvalue weighted by atomic mass is 9.84. The Kier molecular flexibility index (Phi) is 8.23. The van der Waals surface area contributed by atoms with E-state index in [1.807, 2.05) is 13.8 Å². The number of carbonyl (C=O) groups excluding carboxylic acids is 1. The summed E-state index contributed by atoms with van der Waals surface area (Å²) in [5.41, 5.74) is 3.85. The minimum absolute atomic E-state index is 0.0332. The van der Waals surface area contributed by atoms with Gasteiger partial charge in [-0.2, -0.15) is 0 Å². The van der Waals surface area contributed by atoms with Crippen LogP contribution in [0, 0.1) is 11.7 Å². The molecule has 164 valence electrons. The van der Waals surface area contributed by atoms with Crippen molar-refractivity contribution in [2.24, 2.45) is 5.92 Å². The van der Waals surface area contributed by atoms with Crippen LogP contribution in [0.1, 0.15) is 100 Å². The molecular formula is C27H37FO2. The molecule has 0 radical (unpaired) electrons. The molecule has 30 heavy (non-hydrogen) atoms. The van der Waals surface area contributed by atoms with Crippen molar-refractivity contribution in [3.63, 3.8) is 0 Å². The molecule has 0 spiro atoms. The summed E-state index contributed by atoms with van der Waals surface area (Å²) in [6.07, 6.45) is 1.99. The third kappa shape index (κ3) is 6.68. The molecule has 0 saturated carbocycles. The van der Waals surface area contributed by atoms with Gasteiger partial charge < -0.3 is 4.74 Å². The largest absolute Gasteiger partial charge is 0.462 e. The van der Waals surface area contributed by atoms with Crippen molar-refractivity contribution < 1.29 is 13.9 Å². The van der Waals surface area contributed by atoms with Gasteiger partial charge in [-0.05, 0) is 64.8 Å². The lowest BCUT2D eigenvalue weighted by Gasteiger charge is -2.21. The van der Waals surface area contributed by atoms with Crippen molar-refractivity contribution in [3.05, 3.63) is 70.5 Å². The molecule has 2 nitrogen and oxygen atoms in total. The number of hydrogen-bond donors (Lipinski definition) is 0. The number of benzene rings is 2. The third-order valence-electron chi connectivity index (χ3n) is 5.71. The van der Waals surface area contributed by atoms with Crippen LogP contribution in [0.2, 0.25) is 0 Å². The van der Waals surface area contributed by atoms with Crippen LogP contribution >= 0.6 is 0 Å². The van der Waals surface area contributed by atoms with Crippen molar-refractivity contribution >= 4 is 5.97 Å². The number of carbonyl (C=O) groups is 1. The predicted molar refractivity (Wildman–Crippen MR) is 123 cm³/mol. The van der Waals surface area contributed by atoms with Gasteiger partial charge in [-0.1, -0.05) is 78.8 Å². The van der Waals surface area contributed by atoms with Gasteiger partial charge in [0.15, 0.2) is 0 Å². The van der Waals surface area contributed by atoms with Crippen LogP contribution in [0.15, 0.2) is 42.5 Å². The number of rotatable bonds is 8. The van der Waals surface area contributed by atoms with Gasteiger partial charge in [0, 0.05) is 0 Å². The van der Waals surface area contributed by atoms with Crippen LogP contribution in [0.25, 0.3) is 0 Å². The Hall–Kier alpha value is -2.16. The third-order valence-corrected chi connectivity index (χ3v) is 5.71. The van der Waals surface area contributed by atoms with Gasteiger partial charge in [-0.25, -0.2) is 9.18 Å². The van der Waals surface area contributed by atoms with Crippen LogP contribution in [-0.2, 0) is 10.2 Å². The fourth-order valence-corrected chi connectivity index (χ4v) is 3.47. The second kappa shape index (κ2) is 10.2. The van der Waals surface area contributed by atoms with E-state index in [-0.39, 0.29) is 22.8 Å². The molecular weight excluding hydrogens is 375 g/mol. The van der Waals surface area contributed by atoms with E-state index in [4.69, 9.17) is 4.74 Å². The van der Waals surface area contributed by atoms with E-state index in [9.17, 15) is 9.18 Å². The molecule has 0 aliphatic rings. The monoisotopic (exact) mass is 412 g/mol. The van der Waals surface area contributed by atoms with Gasteiger partial charge in [-0.3, -0.25) is 0 Å². The summed E-state index contributed by atoms with van der Waals surface area (Å²) in [7, 11) is 0. The van der Waals surface area contributed by atoms with Crippen molar-refractivity contribution in [1.82, 2.24) is 0 Å². The van der Waals surface area contributed by atoms with E-state index in [0.717, 1.165) is 18.4 Å². The zero-order valence-corrected chi connectivity index (χ0v) is 19.6. The second-order valence-corrected chi connectivity index (χ2v) is 9.98. The van der Waals surface area contributed by atoms with Crippen molar-refractivity contribution in [2.75, 3.05) is 6.61 Å². The molecule has 3 heteroatoms. The van der Waals surface area contributed by atoms with Gasteiger partial charge in [0.1, 0.15) is 5.82 Å². The molecule has 2 atom stereocenters. The highest BCUT2D eigenvalue weighted by molar-refractivity contribution is 5.90. The molecule has 0 bridgehead atoms. The normalized spacial score (nSPS) is 13.9. The Balaban J connectivity index is 2.01. The lowest BCUT2D eigenvalue weighted by molar-refractivity contribution is 0.0453. The van der Waals surface area contributed by atoms with E-state index in [0.29, 0.717) is 12.5 Å². The fourth-order valence-electron chi connectivity index (χ4n) is 3.47. The average Bonchev–Trinajstić information content (AvgIpc) is 2.69. The van der Waals surface area contributed by atoms with Crippen LogP contribution in [-0.4, -0.2) is 12.6 Å². The summed E-state index contributed by atoms with van der Waals surface area (Å²) in [4.78, 5) is 12.2. The quantitative estimate of drug-likeness (QED) is 0.417. The molecule has 0 aliphatic carbocycles. The number of esters is 1. The Morgan fingerprint density at radius 2 is 1.43 bits per heavy atom. The first-order valence-corrected chi connectivity index (χ1v) is 11.1. The maximum Gasteiger partial charge on any atom is 0.341 e. The van der Waals surface area contributed by atoms with E-state index >= 15 is 0 Å². The first kappa shape index (κ1) is 24.1. The molecule has 0 amide bonds. The van der Waals surface area contributed by atoms with Gasteiger partial charge in [0.2, 0.25) is 0 Å². The Morgan fingerprint density at radius 3 is 1.97 bits per heavy atom. The maximum absolute atomic E-state index is 14.2. The van der Waals surface area contributed by atoms with Gasteiger partial charge in [0.25, 0.3) is 0 Å².